The Balaban J connectivity index is 1.87. The zero-order valence-corrected chi connectivity index (χ0v) is 10.7. The monoisotopic (exact) mass is 229 g/mol. The van der Waals surface area contributed by atoms with Gasteiger partial charge in [0.1, 0.15) is 0 Å². The second-order valence-electron chi connectivity index (χ2n) is 4.50. The van der Waals surface area contributed by atoms with Crippen molar-refractivity contribution in [2.45, 2.75) is 26.9 Å². The number of aryl methyl sites for hydroxylation is 3. The largest absolute Gasteiger partial charge is 0.308 e. The first-order chi connectivity index (χ1) is 8.15. The van der Waals surface area contributed by atoms with E-state index in [1.165, 1.54) is 16.7 Å². The van der Waals surface area contributed by atoms with Crippen molar-refractivity contribution in [3.63, 3.8) is 0 Å². The Hall–Kier alpha value is -1.61. The molecule has 0 bridgehead atoms. The number of rotatable bonds is 4. The van der Waals surface area contributed by atoms with Crippen LogP contribution in [0, 0.1) is 13.8 Å². The van der Waals surface area contributed by atoms with E-state index in [4.69, 9.17) is 0 Å². The van der Waals surface area contributed by atoms with Gasteiger partial charge in [0.15, 0.2) is 0 Å². The Morgan fingerprint density at radius 1 is 1.12 bits per heavy atom. The molecule has 0 amide bonds. The Kier molecular flexibility index (Phi) is 3.59. The highest BCUT2D eigenvalue weighted by molar-refractivity contribution is 5.21. The van der Waals surface area contributed by atoms with E-state index in [1.54, 1.807) is 0 Å². The van der Waals surface area contributed by atoms with Gasteiger partial charge in [0.05, 0.1) is 5.69 Å². The third-order valence-electron chi connectivity index (χ3n) is 2.88. The molecule has 0 aliphatic rings. The Morgan fingerprint density at radius 2 is 1.82 bits per heavy atom. The topological polar surface area (TPSA) is 29.9 Å². The molecule has 17 heavy (non-hydrogen) atoms. The van der Waals surface area contributed by atoms with Crippen molar-refractivity contribution in [3.05, 3.63) is 52.8 Å². The molecule has 2 aromatic rings. The lowest BCUT2D eigenvalue weighted by Gasteiger charge is -2.04. The summed E-state index contributed by atoms with van der Waals surface area (Å²) in [5, 5.41) is 7.76. The number of nitrogens with one attached hydrogen (secondary N) is 1. The number of hydrogen-bond donors (Lipinski definition) is 1. The van der Waals surface area contributed by atoms with Gasteiger partial charge in [0, 0.05) is 31.9 Å². The maximum Gasteiger partial charge on any atom is 0.0638 e. The molecule has 0 atom stereocenters. The maximum absolute atomic E-state index is 4.32. The first-order valence-corrected chi connectivity index (χ1v) is 5.90. The molecule has 1 heterocycles. The summed E-state index contributed by atoms with van der Waals surface area (Å²) >= 11 is 0. The predicted octanol–water partition coefficient (Wildman–Crippen LogP) is 2.33. The van der Waals surface area contributed by atoms with E-state index in [0.717, 1.165) is 18.8 Å². The van der Waals surface area contributed by atoms with Gasteiger partial charge in [-0.3, -0.25) is 4.68 Å². The van der Waals surface area contributed by atoms with Gasteiger partial charge in [-0.15, -0.1) is 0 Å². The molecule has 1 aromatic heterocycles. The Labute approximate surface area is 102 Å². The first kappa shape index (κ1) is 11.9. The molecule has 2 rings (SSSR count). The fourth-order valence-corrected chi connectivity index (χ4v) is 1.87. The Morgan fingerprint density at radius 3 is 2.41 bits per heavy atom. The molecule has 0 aliphatic heterocycles. The third kappa shape index (κ3) is 3.17. The molecule has 3 nitrogen and oxygen atoms in total. The molecule has 0 aliphatic carbocycles. The summed E-state index contributed by atoms with van der Waals surface area (Å²) in [7, 11) is 1.95. The van der Waals surface area contributed by atoms with Gasteiger partial charge >= 0.3 is 0 Å². The van der Waals surface area contributed by atoms with Crippen molar-refractivity contribution in [1.82, 2.24) is 15.1 Å². The minimum atomic E-state index is 0.869. The van der Waals surface area contributed by atoms with Crippen molar-refractivity contribution in [1.29, 1.82) is 0 Å². The zero-order chi connectivity index (χ0) is 12.3. The smallest absolute Gasteiger partial charge is 0.0638 e. The summed E-state index contributed by atoms with van der Waals surface area (Å²) in [6.45, 7) is 5.92. The lowest BCUT2D eigenvalue weighted by Crippen LogP contribution is -2.12. The highest BCUT2D eigenvalue weighted by atomic mass is 15.2. The van der Waals surface area contributed by atoms with Gasteiger partial charge in [-0.1, -0.05) is 29.8 Å². The van der Waals surface area contributed by atoms with Crippen LogP contribution in [0.5, 0.6) is 0 Å². The molecular formula is C14H19N3. The number of benzene rings is 1. The number of aromatic nitrogens is 2. The first-order valence-electron chi connectivity index (χ1n) is 5.90. The van der Waals surface area contributed by atoms with Crippen LogP contribution < -0.4 is 5.32 Å². The van der Waals surface area contributed by atoms with E-state index >= 15 is 0 Å². The number of hydrogen-bond acceptors (Lipinski definition) is 2. The molecule has 0 spiro atoms. The standard InChI is InChI=1S/C14H19N3/c1-11-4-6-13(7-5-11)8-15-9-14-10-17(3)16-12(14)2/h4-7,10,15H,8-9H2,1-3H3. The molecular weight excluding hydrogens is 210 g/mol. The van der Waals surface area contributed by atoms with Gasteiger partial charge in [-0.05, 0) is 19.4 Å². The predicted molar refractivity (Wildman–Crippen MR) is 69.7 cm³/mol. The lowest BCUT2D eigenvalue weighted by atomic mass is 10.1. The van der Waals surface area contributed by atoms with Crippen LogP contribution in [0.1, 0.15) is 22.4 Å². The van der Waals surface area contributed by atoms with Crippen molar-refractivity contribution in [2.75, 3.05) is 0 Å². The van der Waals surface area contributed by atoms with Crippen molar-refractivity contribution < 1.29 is 0 Å². The molecule has 0 unspecified atom stereocenters. The van der Waals surface area contributed by atoms with Crippen molar-refractivity contribution >= 4 is 0 Å². The van der Waals surface area contributed by atoms with Crippen LogP contribution in [0.2, 0.25) is 0 Å². The quantitative estimate of drug-likeness (QED) is 0.872. The van der Waals surface area contributed by atoms with Crippen LogP contribution in [-0.2, 0) is 20.1 Å². The Bertz CT molecular complexity index is 483. The maximum atomic E-state index is 4.32. The van der Waals surface area contributed by atoms with E-state index in [-0.39, 0.29) is 0 Å². The van der Waals surface area contributed by atoms with E-state index in [2.05, 4.69) is 47.8 Å². The fraction of sp³-hybridized carbons (Fsp3) is 0.357. The highest BCUT2D eigenvalue weighted by Gasteiger charge is 2.01. The van der Waals surface area contributed by atoms with Crippen LogP contribution >= 0.6 is 0 Å². The van der Waals surface area contributed by atoms with Crippen LogP contribution in [-0.4, -0.2) is 9.78 Å². The van der Waals surface area contributed by atoms with Gasteiger partial charge in [0.25, 0.3) is 0 Å². The molecule has 0 saturated heterocycles. The molecule has 0 fully saturated rings. The summed E-state index contributed by atoms with van der Waals surface area (Å²) < 4.78 is 1.86. The molecule has 0 saturated carbocycles. The summed E-state index contributed by atoms with van der Waals surface area (Å²) in [6, 6.07) is 8.62. The average Bonchev–Trinajstić information content (AvgIpc) is 2.60. The molecule has 1 aromatic carbocycles. The third-order valence-corrected chi connectivity index (χ3v) is 2.88. The molecule has 90 valence electrons. The van der Waals surface area contributed by atoms with E-state index in [1.807, 2.05) is 18.7 Å². The molecule has 1 N–H and O–H groups in total. The summed E-state index contributed by atoms with van der Waals surface area (Å²) in [4.78, 5) is 0. The minimum absolute atomic E-state index is 0.869. The van der Waals surface area contributed by atoms with E-state index in [0.29, 0.717) is 0 Å². The van der Waals surface area contributed by atoms with Gasteiger partial charge < -0.3 is 5.32 Å². The van der Waals surface area contributed by atoms with E-state index in [9.17, 15) is 0 Å². The van der Waals surface area contributed by atoms with Gasteiger partial charge in [-0.2, -0.15) is 5.10 Å². The van der Waals surface area contributed by atoms with Crippen molar-refractivity contribution in [2.24, 2.45) is 7.05 Å². The van der Waals surface area contributed by atoms with Crippen LogP contribution in [0.3, 0.4) is 0 Å². The van der Waals surface area contributed by atoms with Crippen LogP contribution in [0.15, 0.2) is 30.5 Å². The molecule has 0 radical (unpaired) electrons. The lowest BCUT2D eigenvalue weighted by molar-refractivity contribution is 0.690. The summed E-state index contributed by atoms with van der Waals surface area (Å²) in [5.74, 6) is 0. The van der Waals surface area contributed by atoms with Crippen molar-refractivity contribution in [3.8, 4) is 0 Å². The normalized spacial score (nSPS) is 10.8. The van der Waals surface area contributed by atoms with Crippen LogP contribution in [0.4, 0.5) is 0 Å². The van der Waals surface area contributed by atoms with Crippen LogP contribution in [0.25, 0.3) is 0 Å². The summed E-state index contributed by atoms with van der Waals surface area (Å²) in [5.41, 5.74) is 4.98. The minimum Gasteiger partial charge on any atom is -0.308 e. The summed E-state index contributed by atoms with van der Waals surface area (Å²) in [6.07, 6.45) is 2.07. The SMILES string of the molecule is Cc1ccc(CNCc2cn(C)nc2C)cc1. The van der Waals surface area contributed by atoms with E-state index < -0.39 is 0 Å². The van der Waals surface area contributed by atoms with Gasteiger partial charge in [0.2, 0.25) is 0 Å². The average molecular weight is 229 g/mol. The van der Waals surface area contributed by atoms with Gasteiger partial charge in [-0.25, -0.2) is 0 Å². The highest BCUT2D eigenvalue weighted by Crippen LogP contribution is 2.06. The second kappa shape index (κ2) is 5.15. The molecule has 3 heteroatoms. The fourth-order valence-electron chi connectivity index (χ4n) is 1.87. The zero-order valence-electron chi connectivity index (χ0n) is 10.7. The number of nitrogens with zero attached hydrogens (tertiary/aromatic N) is 2. The second-order valence-corrected chi connectivity index (χ2v) is 4.50.